The first-order chi connectivity index (χ1) is 21.8. The minimum Gasteiger partial charge on any atom is -0.497 e. The Balaban J connectivity index is 1.32. The van der Waals surface area contributed by atoms with Crippen LogP contribution in [0.2, 0.25) is 0 Å². The number of aliphatic hydroxyl groups excluding tert-OH is 1. The molecule has 0 spiro atoms. The predicted octanol–water partition coefficient (Wildman–Crippen LogP) is 4.38. The number of nitrogens with zero attached hydrogens (tertiary/aromatic N) is 3. The van der Waals surface area contributed by atoms with Crippen molar-refractivity contribution in [3.05, 3.63) is 118 Å². The molecule has 1 saturated heterocycles. The number of rotatable bonds is 10. The molecular weight excluding hydrogens is 574 g/mol. The second-order valence-electron chi connectivity index (χ2n) is 11.3. The third-order valence-corrected chi connectivity index (χ3v) is 8.03. The Kier molecular flexibility index (Phi) is 8.48. The summed E-state index contributed by atoms with van der Waals surface area (Å²) in [5.74, 6) is 0.145. The topological polar surface area (TPSA) is 141 Å². The second kappa shape index (κ2) is 12.6. The lowest BCUT2D eigenvalue weighted by Crippen LogP contribution is -2.38. The van der Waals surface area contributed by atoms with E-state index in [2.05, 4.69) is 20.3 Å². The van der Waals surface area contributed by atoms with E-state index in [0.29, 0.717) is 0 Å². The van der Waals surface area contributed by atoms with Crippen LogP contribution in [0.25, 0.3) is 11.2 Å². The summed E-state index contributed by atoms with van der Waals surface area (Å²) >= 11 is 0. The molecule has 0 unspecified atom stereocenters. The Morgan fingerprint density at radius 2 is 1.67 bits per heavy atom. The lowest BCUT2D eigenvalue weighted by atomic mass is 9.80. The summed E-state index contributed by atoms with van der Waals surface area (Å²) < 4.78 is 20.3. The molecule has 1 amide bonds. The minimum atomic E-state index is -1.03. The number of ether oxygens (including phenoxy) is 3. The van der Waals surface area contributed by atoms with Gasteiger partial charge in [-0.1, -0.05) is 86.6 Å². The van der Waals surface area contributed by atoms with Crippen LogP contribution in [0.5, 0.6) is 5.75 Å². The van der Waals surface area contributed by atoms with Crippen molar-refractivity contribution in [1.82, 2.24) is 19.5 Å². The number of fused-ring (bicyclic) bond motifs is 1. The van der Waals surface area contributed by atoms with E-state index in [9.17, 15) is 14.7 Å². The maximum absolute atomic E-state index is 12.7. The van der Waals surface area contributed by atoms with Gasteiger partial charge < -0.3 is 19.3 Å². The van der Waals surface area contributed by atoms with E-state index in [1.54, 1.807) is 25.5 Å². The summed E-state index contributed by atoms with van der Waals surface area (Å²) in [7, 11) is 1.63. The van der Waals surface area contributed by atoms with Gasteiger partial charge in [-0.2, -0.15) is 4.98 Å². The van der Waals surface area contributed by atoms with Crippen LogP contribution in [0.15, 0.2) is 96.1 Å². The number of H-pyrrole nitrogens is 1. The number of methoxy groups -OCH3 is 1. The Labute approximate surface area is 259 Å². The maximum Gasteiger partial charge on any atom is 0.280 e. The predicted molar refractivity (Wildman–Crippen MR) is 168 cm³/mol. The molecule has 3 N–H and O–H groups in total. The van der Waals surface area contributed by atoms with E-state index < -0.39 is 29.6 Å². The Bertz CT molecular complexity index is 1780. The average molecular weight is 610 g/mol. The normalized spacial score (nSPS) is 18.4. The molecule has 3 aromatic carbocycles. The molecule has 232 valence electrons. The van der Waals surface area contributed by atoms with Crippen LogP contribution < -0.4 is 15.6 Å². The van der Waals surface area contributed by atoms with Gasteiger partial charge in [0.25, 0.3) is 5.56 Å². The third kappa shape index (κ3) is 5.85. The lowest BCUT2D eigenvalue weighted by molar-refractivity contribution is -0.118. The largest absolute Gasteiger partial charge is 0.497 e. The quantitative estimate of drug-likeness (QED) is 0.198. The van der Waals surface area contributed by atoms with E-state index in [1.165, 1.54) is 6.33 Å². The monoisotopic (exact) mass is 609 g/mol. The van der Waals surface area contributed by atoms with Crippen LogP contribution in [0, 0.1) is 5.92 Å². The molecule has 0 bridgehead atoms. The van der Waals surface area contributed by atoms with Crippen LogP contribution in [0.3, 0.4) is 0 Å². The molecule has 11 nitrogen and oxygen atoms in total. The molecule has 0 saturated carbocycles. The average Bonchev–Trinajstić information content (AvgIpc) is 3.66. The van der Waals surface area contributed by atoms with Crippen molar-refractivity contribution >= 4 is 23.0 Å². The van der Waals surface area contributed by atoms with Crippen LogP contribution in [0.1, 0.15) is 43.2 Å². The van der Waals surface area contributed by atoms with Gasteiger partial charge in [0.15, 0.2) is 11.2 Å². The molecule has 2 aromatic heterocycles. The first-order valence-electron chi connectivity index (χ1n) is 14.8. The maximum atomic E-state index is 12.7. The molecule has 5 aromatic rings. The van der Waals surface area contributed by atoms with Gasteiger partial charge in [0.2, 0.25) is 11.9 Å². The van der Waals surface area contributed by atoms with Crippen molar-refractivity contribution in [1.29, 1.82) is 0 Å². The summed E-state index contributed by atoms with van der Waals surface area (Å²) in [6.07, 6.45) is -0.593. The van der Waals surface area contributed by atoms with Crippen LogP contribution in [0.4, 0.5) is 5.95 Å². The summed E-state index contributed by atoms with van der Waals surface area (Å²) in [4.78, 5) is 36.2. The van der Waals surface area contributed by atoms with Crippen LogP contribution in [-0.4, -0.2) is 56.5 Å². The van der Waals surface area contributed by atoms with Gasteiger partial charge in [-0.25, -0.2) is 4.98 Å². The first-order valence-corrected chi connectivity index (χ1v) is 14.8. The smallest absolute Gasteiger partial charge is 0.280 e. The lowest BCUT2D eigenvalue weighted by Gasteiger charge is -2.37. The number of aromatic nitrogens is 4. The van der Waals surface area contributed by atoms with E-state index in [0.717, 1.165) is 22.4 Å². The highest BCUT2D eigenvalue weighted by atomic mass is 16.6. The Hall–Kier alpha value is -4.84. The van der Waals surface area contributed by atoms with Crippen molar-refractivity contribution in [3.63, 3.8) is 0 Å². The number of hydrogen-bond donors (Lipinski definition) is 3. The molecule has 11 heteroatoms. The number of benzene rings is 3. The highest BCUT2D eigenvalue weighted by molar-refractivity contribution is 5.91. The summed E-state index contributed by atoms with van der Waals surface area (Å²) in [6, 6.07) is 27.6. The highest BCUT2D eigenvalue weighted by Crippen LogP contribution is 2.42. The molecule has 1 aliphatic rings. The number of aromatic amines is 1. The van der Waals surface area contributed by atoms with Crippen molar-refractivity contribution in [2.75, 3.05) is 19.0 Å². The van der Waals surface area contributed by atoms with Gasteiger partial charge in [-0.3, -0.25) is 24.5 Å². The molecule has 1 fully saturated rings. The van der Waals surface area contributed by atoms with Crippen molar-refractivity contribution in [2.45, 2.75) is 44.3 Å². The molecule has 6 rings (SSSR count). The van der Waals surface area contributed by atoms with E-state index in [4.69, 9.17) is 14.2 Å². The van der Waals surface area contributed by atoms with Crippen LogP contribution in [-0.2, 0) is 19.9 Å². The van der Waals surface area contributed by atoms with Crippen molar-refractivity contribution in [2.24, 2.45) is 5.92 Å². The number of carbonyl (C=O) groups is 1. The fourth-order valence-electron chi connectivity index (χ4n) is 5.62. The molecule has 1 aliphatic heterocycles. The number of aliphatic hydroxyl groups is 1. The zero-order chi connectivity index (χ0) is 31.6. The van der Waals surface area contributed by atoms with Gasteiger partial charge in [-0.15, -0.1) is 0 Å². The standard InChI is InChI=1S/C34H35N5O6/c1-21(2)31(41)37-33-36-30-29(32(42)38-33)35-20-39(30)28-18-26(40)27(45-28)19-44-34(22-10-6-4-7-11-22,23-12-8-5-9-13-23)24-14-16-25(43-3)17-15-24/h4-17,20-21,26-28,40H,18-19H2,1-3H3,(H2,36,37,38,41,42)/t26-,27-,28-/m1/s1. The van der Waals surface area contributed by atoms with Gasteiger partial charge in [0.1, 0.15) is 23.7 Å². The fraction of sp³-hybridized carbons (Fsp3) is 0.294. The van der Waals surface area contributed by atoms with Crippen molar-refractivity contribution in [3.8, 4) is 5.75 Å². The molecule has 3 atom stereocenters. The highest BCUT2D eigenvalue weighted by Gasteiger charge is 2.42. The van der Waals surface area contributed by atoms with Crippen molar-refractivity contribution < 1.29 is 24.1 Å². The molecule has 0 radical (unpaired) electrons. The zero-order valence-corrected chi connectivity index (χ0v) is 25.2. The molecular formula is C34H35N5O6. The van der Waals surface area contributed by atoms with Gasteiger partial charge in [-0.05, 0) is 28.8 Å². The van der Waals surface area contributed by atoms with Gasteiger partial charge in [0, 0.05) is 12.3 Å². The summed E-state index contributed by atoms with van der Waals surface area (Å²) in [5, 5.41) is 13.8. The van der Waals surface area contributed by atoms with E-state index in [-0.39, 0.29) is 42.0 Å². The molecule has 0 aliphatic carbocycles. The minimum absolute atomic E-state index is 0.0152. The second-order valence-corrected chi connectivity index (χ2v) is 11.3. The van der Waals surface area contributed by atoms with Crippen LogP contribution >= 0.6 is 0 Å². The number of amides is 1. The van der Waals surface area contributed by atoms with Gasteiger partial charge in [0.05, 0.1) is 26.1 Å². The zero-order valence-electron chi connectivity index (χ0n) is 25.2. The van der Waals surface area contributed by atoms with E-state index >= 15 is 0 Å². The number of carbonyl (C=O) groups excluding carboxylic acids is 1. The number of hydrogen-bond acceptors (Lipinski definition) is 8. The third-order valence-electron chi connectivity index (χ3n) is 8.03. The number of nitrogens with one attached hydrogen (secondary N) is 2. The van der Waals surface area contributed by atoms with E-state index in [1.807, 2.05) is 84.9 Å². The Morgan fingerprint density at radius 1 is 1.04 bits per heavy atom. The fourth-order valence-corrected chi connectivity index (χ4v) is 5.62. The molecule has 3 heterocycles. The summed E-state index contributed by atoms with van der Waals surface area (Å²) in [5.41, 5.74) is 1.50. The SMILES string of the molecule is COc1ccc(C(OC[C@H]2O[C@@H](n3cnc4c(=O)[nH]c(NC(=O)C(C)C)nc43)C[C@H]2O)(c2ccccc2)c2ccccc2)cc1. The number of imidazole rings is 1. The van der Waals surface area contributed by atoms with Gasteiger partial charge >= 0.3 is 0 Å². The first kappa shape index (κ1) is 30.2. The summed E-state index contributed by atoms with van der Waals surface area (Å²) in [6.45, 7) is 3.53. The molecule has 45 heavy (non-hydrogen) atoms. The number of anilines is 1. The Morgan fingerprint density at radius 3 is 2.27 bits per heavy atom.